The molecule has 35 heavy (non-hydrogen) atoms. The second-order valence-electron chi connectivity index (χ2n) is 8.61. The number of halogens is 3. The molecule has 1 amide bonds. The van der Waals surface area contributed by atoms with Crippen molar-refractivity contribution in [2.45, 2.75) is 26.6 Å². The number of carbonyl (C=O) groups excluding carboxylic acids is 1. The number of aromatic nitrogens is 4. The molecule has 0 radical (unpaired) electrons. The molecule has 2 aromatic carbocycles. The van der Waals surface area contributed by atoms with Crippen molar-refractivity contribution in [2.75, 3.05) is 0 Å². The van der Waals surface area contributed by atoms with E-state index in [9.17, 15) is 18.0 Å². The second kappa shape index (κ2) is 8.26. The van der Waals surface area contributed by atoms with E-state index >= 15 is 0 Å². The molecule has 6 nitrogen and oxygen atoms in total. The highest BCUT2D eigenvalue weighted by Gasteiger charge is 2.30. The Hall–Kier alpha value is -4.14. The normalized spacial score (nSPS) is 11.9. The molecule has 0 aliphatic rings. The van der Waals surface area contributed by atoms with Crippen molar-refractivity contribution in [3.8, 4) is 5.69 Å². The molecule has 3 aromatic heterocycles. The van der Waals surface area contributed by atoms with Crippen LogP contribution in [0.4, 0.5) is 13.2 Å². The van der Waals surface area contributed by atoms with Gasteiger partial charge in [0.15, 0.2) is 5.65 Å². The van der Waals surface area contributed by atoms with Gasteiger partial charge in [0.25, 0.3) is 5.91 Å². The number of hydrogen-bond donors (Lipinski definition) is 1. The van der Waals surface area contributed by atoms with Gasteiger partial charge in [0, 0.05) is 41.0 Å². The number of fused-ring (bicyclic) bond motifs is 3. The van der Waals surface area contributed by atoms with Crippen LogP contribution in [-0.4, -0.2) is 25.2 Å². The summed E-state index contributed by atoms with van der Waals surface area (Å²) >= 11 is 0. The van der Waals surface area contributed by atoms with Gasteiger partial charge in [0.2, 0.25) is 0 Å². The lowest BCUT2D eigenvalue weighted by Gasteiger charge is -2.10. The highest BCUT2D eigenvalue weighted by molar-refractivity contribution is 6.10. The molecule has 0 atom stereocenters. The van der Waals surface area contributed by atoms with Gasteiger partial charge in [-0.2, -0.15) is 18.3 Å². The number of rotatable bonds is 4. The van der Waals surface area contributed by atoms with Crippen LogP contribution in [0.2, 0.25) is 0 Å². The molecule has 0 aliphatic heterocycles. The number of carbonyl (C=O) groups is 1. The quantitative estimate of drug-likeness (QED) is 0.373. The van der Waals surface area contributed by atoms with Gasteiger partial charge < -0.3 is 5.32 Å². The van der Waals surface area contributed by atoms with E-state index in [1.807, 2.05) is 32.2 Å². The third-order valence-corrected chi connectivity index (χ3v) is 5.84. The Morgan fingerprint density at radius 1 is 1.00 bits per heavy atom. The van der Waals surface area contributed by atoms with E-state index < -0.39 is 11.7 Å². The molecule has 0 bridgehead atoms. The monoisotopic (exact) mass is 477 g/mol. The Balaban J connectivity index is 1.52. The first-order chi connectivity index (χ1) is 16.6. The SMILES string of the molecule is Cc1cc(C)nc(CNC(=O)c2ccc3c(c2)c2cn(C)nc2n3-c2ccc(C(F)(F)F)cc2)c1. The molecule has 5 rings (SSSR count). The zero-order valence-corrected chi connectivity index (χ0v) is 19.3. The van der Waals surface area contributed by atoms with E-state index in [0.717, 1.165) is 45.4 Å². The van der Waals surface area contributed by atoms with Crippen LogP contribution in [0.3, 0.4) is 0 Å². The molecule has 0 fully saturated rings. The molecular weight excluding hydrogens is 455 g/mol. The maximum absolute atomic E-state index is 13.0. The van der Waals surface area contributed by atoms with Crippen molar-refractivity contribution >= 4 is 27.8 Å². The first kappa shape index (κ1) is 22.6. The van der Waals surface area contributed by atoms with Crippen LogP contribution in [0.25, 0.3) is 27.6 Å². The molecule has 1 N–H and O–H groups in total. The Kier molecular flexibility index (Phi) is 5.35. The molecule has 9 heteroatoms. The standard InChI is InChI=1S/C26H22F3N5O/c1-15-10-16(2)31-19(11-15)13-30-25(35)17-4-9-23-21(12-17)22-14-33(3)32-24(22)34(23)20-7-5-18(6-8-20)26(27,28)29/h4-12,14H,13H2,1-3H3,(H,30,35). The number of aryl methyl sites for hydroxylation is 3. The van der Waals surface area contributed by atoms with Gasteiger partial charge in [0.1, 0.15) is 0 Å². The maximum atomic E-state index is 13.0. The Bertz CT molecular complexity index is 1560. The van der Waals surface area contributed by atoms with E-state index in [2.05, 4.69) is 15.4 Å². The van der Waals surface area contributed by atoms with Crippen LogP contribution in [-0.2, 0) is 19.8 Å². The predicted octanol–water partition coefficient (Wildman–Crippen LogP) is 5.48. The maximum Gasteiger partial charge on any atom is 0.416 e. The Labute approximate surface area is 199 Å². The molecule has 0 aliphatic carbocycles. The fourth-order valence-electron chi connectivity index (χ4n) is 4.38. The minimum absolute atomic E-state index is 0.243. The Morgan fingerprint density at radius 2 is 1.74 bits per heavy atom. The van der Waals surface area contributed by atoms with Crippen molar-refractivity contribution in [3.63, 3.8) is 0 Å². The average Bonchev–Trinajstić information content (AvgIpc) is 3.30. The van der Waals surface area contributed by atoms with E-state index in [1.165, 1.54) is 12.1 Å². The Morgan fingerprint density at radius 3 is 2.43 bits per heavy atom. The topological polar surface area (TPSA) is 64.7 Å². The van der Waals surface area contributed by atoms with Crippen LogP contribution >= 0.6 is 0 Å². The van der Waals surface area contributed by atoms with Crippen molar-refractivity contribution in [1.29, 1.82) is 0 Å². The van der Waals surface area contributed by atoms with E-state index in [0.29, 0.717) is 23.4 Å². The lowest BCUT2D eigenvalue weighted by atomic mass is 10.1. The van der Waals surface area contributed by atoms with Crippen molar-refractivity contribution in [3.05, 3.63) is 88.9 Å². The summed E-state index contributed by atoms with van der Waals surface area (Å²) in [5, 5.41) is 9.01. The highest BCUT2D eigenvalue weighted by Crippen LogP contribution is 2.34. The van der Waals surface area contributed by atoms with E-state index in [1.54, 1.807) is 34.5 Å². The zero-order valence-electron chi connectivity index (χ0n) is 19.3. The summed E-state index contributed by atoms with van der Waals surface area (Å²) in [6.07, 6.45) is -2.58. The van der Waals surface area contributed by atoms with E-state index in [-0.39, 0.29) is 5.91 Å². The van der Waals surface area contributed by atoms with Gasteiger partial charge in [0.05, 0.1) is 23.3 Å². The summed E-state index contributed by atoms with van der Waals surface area (Å²) in [6, 6.07) is 14.1. The van der Waals surface area contributed by atoms with Gasteiger partial charge in [-0.25, -0.2) is 0 Å². The predicted molar refractivity (Wildman–Crippen MR) is 127 cm³/mol. The van der Waals surface area contributed by atoms with Gasteiger partial charge in [-0.1, -0.05) is 0 Å². The highest BCUT2D eigenvalue weighted by atomic mass is 19.4. The summed E-state index contributed by atoms with van der Waals surface area (Å²) in [7, 11) is 1.77. The number of nitrogens with zero attached hydrogens (tertiary/aromatic N) is 4. The summed E-state index contributed by atoms with van der Waals surface area (Å²) in [6.45, 7) is 4.19. The third-order valence-electron chi connectivity index (χ3n) is 5.84. The average molecular weight is 477 g/mol. The second-order valence-corrected chi connectivity index (χ2v) is 8.61. The van der Waals surface area contributed by atoms with Gasteiger partial charge in [-0.3, -0.25) is 19.0 Å². The van der Waals surface area contributed by atoms with E-state index in [4.69, 9.17) is 0 Å². The van der Waals surface area contributed by atoms with Crippen molar-refractivity contribution < 1.29 is 18.0 Å². The zero-order chi connectivity index (χ0) is 24.9. The molecular formula is C26H22F3N5O. The largest absolute Gasteiger partial charge is 0.416 e. The molecule has 178 valence electrons. The van der Waals surface area contributed by atoms with Crippen LogP contribution in [0, 0.1) is 13.8 Å². The summed E-state index contributed by atoms with van der Waals surface area (Å²) in [5.41, 5.74) is 4.39. The number of hydrogen-bond acceptors (Lipinski definition) is 3. The number of benzene rings is 2. The van der Waals surface area contributed by atoms with Crippen LogP contribution in [0.15, 0.2) is 60.8 Å². The van der Waals surface area contributed by atoms with Gasteiger partial charge >= 0.3 is 6.18 Å². The third kappa shape index (κ3) is 4.25. The summed E-state index contributed by atoms with van der Waals surface area (Å²) in [5.74, 6) is -0.243. The van der Waals surface area contributed by atoms with Crippen molar-refractivity contribution in [2.24, 2.45) is 7.05 Å². The lowest BCUT2D eigenvalue weighted by molar-refractivity contribution is -0.137. The number of alkyl halides is 3. The fourth-order valence-corrected chi connectivity index (χ4v) is 4.38. The van der Waals surface area contributed by atoms with Crippen LogP contribution in [0.5, 0.6) is 0 Å². The smallest absolute Gasteiger partial charge is 0.346 e. The van der Waals surface area contributed by atoms with Crippen molar-refractivity contribution in [1.82, 2.24) is 24.6 Å². The number of amides is 1. The molecule has 0 saturated carbocycles. The first-order valence-electron chi connectivity index (χ1n) is 11.0. The molecule has 5 aromatic rings. The molecule has 3 heterocycles. The van der Waals surface area contributed by atoms with Crippen LogP contribution in [0.1, 0.15) is 32.9 Å². The first-order valence-corrected chi connectivity index (χ1v) is 11.0. The molecule has 0 unspecified atom stereocenters. The minimum Gasteiger partial charge on any atom is -0.346 e. The lowest BCUT2D eigenvalue weighted by Crippen LogP contribution is -2.23. The molecule has 0 saturated heterocycles. The number of pyridine rings is 1. The van der Waals surface area contributed by atoms with Gasteiger partial charge in [-0.15, -0.1) is 0 Å². The summed E-state index contributed by atoms with van der Waals surface area (Å²) < 4.78 is 42.6. The minimum atomic E-state index is -4.41. The van der Waals surface area contributed by atoms with Crippen LogP contribution < -0.4 is 5.32 Å². The molecule has 0 spiro atoms. The fraction of sp³-hybridized carbons (Fsp3) is 0.192. The summed E-state index contributed by atoms with van der Waals surface area (Å²) in [4.78, 5) is 17.4. The number of nitrogens with one attached hydrogen (secondary N) is 1. The van der Waals surface area contributed by atoms with Gasteiger partial charge in [-0.05, 0) is 74.0 Å².